The molecule has 16 heavy (non-hydrogen) atoms. The van der Waals surface area contributed by atoms with Crippen LogP contribution in [0.3, 0.4) is 0 Å². The molecule has 0 aromatic heterocycles. The van der Waals surface area contributed by atoms with Crippen LogP contribution in [0.4, 0.5) is 0 Å². The number of hydrogen-bond acceptors (Lipinski definition) is 5. The Labute approximate surface area is 93.5 Å². The molecule has 1 rings (SSSR count). The van der Waals surface area contributed by atoms with Crippen LogP contribution in [0.15, 0.2) is 0 Å². The summed E-state index contributed by atoms with van der Waals surface area (Å²) in [5, 5.41) is 17.2. The minimum atomic E-state index is -3.59. The Bertz CT molecular complexity index is 334. The number of carbonyl (C=O) groups is 1. The van der Waals surface area contributed by atoms with Gasteiger partial charge in [0.25, 0.3) is 0 Å². The quantitative estimate of drug-likeness (QED) is 0.532. The van der Waals surface area contributed by atoms with Gasteiger partial charge in [0, 0.05) is 13.2 Å². The molecule has 0 saturated carbocycles. The number of carboxylic acids is 1. The number of aliphatic hydroxyl groups is 1. The maximum atomic E-state index is 11.4. The average Bonchev–Trinajstić information content (AvgIpc) is 2.65. The van der Waals surface area contributed by atoms with E-state index in [0.717, 1.165) is 6.42 Å². The topological polar surface area (TPSA) is 113 Å². The molecule has 0 aromatic carbocycles. The number of ether oxygens (including phenoxy) is 1. The summed E-state index contributed by atoms with van der Waals surface area (Å²) < 4.78 is 30.0. The summed E-state index contributed by atoms with van der Waals surface area (Å²) in [5.41, 5.74) is 0. The van der Waals surface area contributed by atoms with E-state index in [4.69, 9.17) is 14.9 Å². The van der Waals surface area contributed by atoms with Gasteiger partial charge in [-0.3, -0.25) is 0 Å². The molecule has 0 bridgehead atoms. The van der Waals surface area contributed by atoms with Gasteiger partial charge in [0.05, 0.1) is 11.9 Å². The van der Waals surface area contributed by atoms with Crippen molar-refractivity contribution in [2.75, 3.05) is 18.9 Å². The number of sulfonamides is 1. The number of rotatable bonds is 6. The van der Waals surface area contributed by atoms with Crippen LogP contribution in [0.2, 0.25) is 0 Å². The van der Waals surface area contributed by atoms with Gasteiger partial charge in [-0.1, -0.05) is 0 Å². The van der Waals surface area contributed by atoms with E-state index in [-0.39, 0.29) is 11.9 Å². The third-order valence-electron chi connectivity index (χ3n) is 2.21. The zero-order valence-electron chi connectivity index (χ0n) is 8.63. The average molecular weight is 253 g/mol. The van der Waals surface area contributed by atoms with E-state index < -0.39 is 28.6 Å². The highest BCUT2D eigenvalue weighted by Gasteiger charge is 2.24. The Balaban J connectivity index is 2.36. The molecule has 8 heteroatoms. The van der Waals surface area contributed by atoms with E-state index in [2.05, 4.69) is 0 Å². The summed E-state index contributed by atoms with van der Waals surface area (Å²) in [5.74, 6) is -1.65. The van der Waals surface area contributed by atoms with E-state index in [1.165, 1.54) is 0 Å². The number of carboxylic acid groups (broad SMARTS) is 1. The van der Waals surface area contributed by atoms with Crippen molar-refractivity contribution in [3.63, 3.8) is 0 Å². The maximum Gasteiger partial charge on any atom is 0.333 e. The molecule has 0 radical (unpaired) electrons. The van der Waals surface area contributed by atoms with Crippen molar-refractivity contribution < 1.29 is 28.2 Å². The smallest absolute Gasteiger partial charge is 0.333 e. The minimum Gasteiger partial charge on any atom is -0.479 e. The molecule has 1 aliphatic heterocycles. The second-order valence-electron chi connectivity index (χ2n) is 3.62. The molecule has 1 unspecified atom stereocenters. The predicted octanol–water partition coefficient (Wildman–Crippen LogP) is -1.47. The summed E-state index contributed by atoms with van der Waals surface area (Å²) in [6.07, 6.45) is -0.543. The van der Waals surface area contributed by atoms with Crippen LogP contribution in [0.1, 0.15) is 12.8 Å². The summed E-state index contributed by atoms with van der Waals surface area (Å²) in [6, 6.07) is 0. The lowest BCUT2D eigenvalue weighted by molar-refractivity contribution is -0.146. The zero-order chi connectivity index (χ0) is 12.2. The van der Waals surface area contributed by atoms with Crippen molar-refractivity contribution in [3.05, 3.63) is 0 Å². The molecule has 1 heterocycles. The van der Waals surface area contributed by atoms with Gasteiger partial charge in [0.15, 0.2) is 6.10 Å². The Hall–Kier alpha value is -0.700. The lowest BCUT2D eigenvalue weighted by atomic mass is 10.3. The molecular formula is C8H15NO6S. The van der Waals surface area contributed by atoms with Gasteiger partial charge < -0.3 is 14.9 Å². The Morgan fingerprint density at radius 2 is 2.25 bits per heavy atom. The molecule has 0 aromatic rings. The van der Waals surface area contributed by atoms with Crippen LogP contribution in [-0.2, 0) is 19.6 Å². The summed E-state index contributed by atoms with van der Waals surface area (Å²) in [4.78, 5) is 10.3. The number of aliphatic carboxylic acids is 1. The normalized spacial score (nSPS) is 23.2. The Morgan fingerprint density at radius 3 is 2.75 bits per heavy atom. The highest BCUT2D eigenvalue weighted by Crippen LogP contribution is 2.13. The SMILES string of the molecule is O=C(O)[C@@H](O)CNS(=O)(=O)CC1CCCO1. The standard InChI is InChI=1S/C8H15NO6S/c10-7(8(11)12)4-9-16(13,14)5-6-2-1-3-15-6/h6-7,9-10H,1-5H2,(H,11,12)/t6?,7-/m0/s1. The monoisotopic (exact) mass is 253 g/mol. The first-order valence-corrected chi connectivity index (χ1v) is 6.56. The highest BCUT2D eigenvalue weighted by molar-refractivity contribution is 7.89. The second kappa shape index (κ2) is 5.58. The van der Waals surface area contributed by atoms with Gasteiger partial charge in [0.2, 0.25) is 10.0 Å². The minimum absolute atomic E-state index is 0.195. The first-order chi connectivity index (χ1) is 7.41. The molecule has 0 spiro atoms. The molecule has 0 amide bonds. The Morgan fingerprint density at radius 1 is 1.56 bits per heavy atom. The summed E-state index contributed by atoms with van der Waals surface area (Å²) >= 11 is 0. The van der Waals surface area contributed by atoms with Gasteiger partial charge in [0.1, 0.15) is 0 Å². The molecule has 94 valence electrons. The van der Waals surface area contributed by atoms with Gasteiger partial charge in [-0.2, -0.15) is 0 Å². The van der Waals surface area contributed by atoms with Crippen molar-refractivity contribution in [1.29, 1.82) is 0 Å². The Kier molecular flexibility index (Phi) is 4.66. The number of aliphatic hydroxyl groups excluding tert-OH is 1. The molecule has 1 aliphatic rings. The van der Waals surface area contributed by atoms with E-state index in [0.29, 0.717) is 13.0 Å². The fourth-order valence-corrected chi connectivity index (χ4v) is 2.65. The zero-order valence-corrected chi connectivity index (χ0v) is 9.44. The van der Waals surface area contributed by atoms with Crippen LogP contribution in [0.5, 0.6) is 0 Å². The first kappa shape index (κ1) is 13.4. The molecular weight excluding hydrogens is 238 g/mol. The molecule has 0 aliphatic carbocycles. The molecule has 7 nitrogen and oxygen atoms in total. The lowest BCUT2D eigenvalue weighted by Gasteiger charge is -2.12. The van der Waals surface area contributed by atoms with E-state index >= 15 is 0 Å². The maximum absolute atomic E-state index is 11.4. The number of nitrogens with one attached hydrogen (secondary N) is 1. The fraction of sp³-hybridized carbons (Fsp3) is 0.875. The van der Waals surface area contributed by atoms with Gasteiger partial charge in [-0.05, 0) is 12.8 Å². The van der Waals surface area contributed by atoms with E-state index in [1.54, 1.807) is 0 Å². The van der Waals surface area contributed by atoms with E-state index in [1.807, 2.05) is 4.72 Å². The van der Waals surface area contributed by atoms with Crippen molar-refractivity contribution in [1.82, 2.24) is 4.72 Å². The molecule has 3 N–H and O–H groups in total. The molecule has 1 fully saturated rings. The largest absolute Gasteiger partial charge is 0.479 e. The first-order valence-electron chi connectivity index (χ1n) is 4.90. The third kappa shape index (κ3) is 4.44. The van der Waals surface area contributed by atoms with Gasteiger partial charge >= 0.3 is 5.97 Å². The highest BCUT2D eigenvalue weighted by atomic mass is 32.2. The lowest BCUT2D eigenvalue weighted by Crippen LogP contribution is -2.39. The molecule has 2 atom stereocenters. The third-order valence-corrected chi connectivity index (χ3v) is 3.63. The van der Waals surface area contributed by atoms with Crippen molar-refractivity contribution in [2.45, 2.75) is 25.0 Å². The fourth-order valence-electron chi connectivity index (χ4n) is 1.37. The van der Waals surface area contributed by atoms with E-state index in [9.17, 15) is 13.2 Å². The van der Waals surface area contributed by atoms with Crippen LogP contribution < -0.4 is 4.72 Å². The van der Waals surface area contributed by atoms with Crippen LogP contribution >= 0.6 is 0 Å². The van der Waals surface area contributed by atoms with Crippen molar-refractivity contribution in [2.24, 2.45) is 0 Å². The second-order valence-corrected chi connectivity index (χ2v) is 5.47. The van der Waals surface area contributed by atoms with Crippen LogP contribution in [0.25, 0.3) is 0 Å². The predicted molar refractivity (Wildman–Crippen MR) is 54.4 cm³/mol. The summed E-state index contributed by atoms with van der Waals surface area (Å²) in [6.45, 7) is 0.0301. The van der Waals surface area contributed by atoms with Gasteiger partial charge in [-0.15, -0.1) is 0 Å². The van der Waals surface area contributed by atoms with Gasteiger partial charge in [-0.25, -0.2) is 17.9 Å². The van der Waals surface area contributed by atoms with Crippen LogP contribution in [0, 0.1) is 0 Å². The molecule has 1 saturated heterocycles. The summed E-state index contributed by atoms with van der Waals surface area (Å²) in [7, 11) is -3.59. The number of hydrogen-bond donors (Lipinski definition) is 3. The van der Waals surface area contributed by atoms with Crippen molar-refractivity contribution >= 4 is 16.0 Å². The van der Waals surface area contributed by atoms with Crippen LogP contribution in [-0.4, -0.2) is 55.7 Å². The van der Waals surface area contributed by atoms with Crippen molar-refractivity contribution in [3.8, 4) is 0 Å².